The number of carbonyl (C=O) groups is 2. The zero-order valence-electron chi connectivity index (χ0n) is 13.6. The molecule has 0 aliphatic carbocycles. The van der Waals surface area contributed by atoms with E-state index in [9.17, 15) is 9.59 Å². The van der Waals surface area contributed by atoms with Crippen molar-refractivity contribution in [2.45, 2.75) is 46.1 Å². The number of nitrogens with one attached hydrogen (secondary N) is 2. The maximum atomic E-state index is 12.4. The van der Waals surface area contributed by atoms with Gasteiger partial charge >= 0.3 is 0 Å². The Morgan fingerprint density at radius 2 is 2.05 bits per heavy atom. The fourth-order valence-electron chi connectivity index (χ4n) is 2.84. The standard InChI is InChI=1S/C17H25N3O2/c1-12-7-8-15(19-14(3)21)16(10-12)18-11-17(22)20-9-5-4-6-13(20)2/h7-8,10,13,18H,4-6,9,11H2,1-3H3,(H,19,21)/t13-/m1/s1. The van der Waals surface area contributed by atoms with Crippen molar-refractivity contribution in [3.8, 4) is 0 Å². The Morgan fingerprint density at radius 3 is 2.73 bits per heavy atom. The number of aryl methyl sites for hydroxylation is 1. The first kappa shape index (κ1) is 16.3. The molecule has 5 nitrogen and oxygen atoms in total. The van der Waals surface area contributed by atoms with Gasteiger partial charge in [-0.1, -0.05) is 6.07 Å². The third-order valence-corrected chi connectivity index (χ3v) is 4.04. The van der Waals surface area contributed by atoms with Crippen LogP contribution >= 0.6 is 0 Å². The molecule has 0 unspecified atom stereocenters. The summed E-state index contributed by atoms with van der Waals surface area (Å²) in [7, 11) is 0. The average Bonchev–Trinajstić information content (AvgIpc) is 2.47. The van der Waals surface area contributed by atoms with Crippen LogP contribution < -0.4 is 10.6 Å². The van der Waals surface area contributed by atoms with Crippen molar-refractivity contribution in [2.24, 2.45) is 0 Å². The highest BCUT2D eigenvalue weighted by Gasteiger charge is 2.22. The summed E-state index contributed by atoms with van der Waals surface area (Å²) in [4.78, 5) is 25.6. The van der Waals surface area contributed by atoms with E-state index >= 15 is 0 Å². The number of rotatable bonds is 4. The summed E-state index contributed by atoms with van der Waals surface area (Å²) in [5.41, 5.74) is 2.57. The molecule has 0 spiro atoms. The van der Waals surface area contributed by atoms with Gasteiger partial charge in [-0.3, -0.25) is 9.59 Å². The van der Waals surface area contributed by atoms with Crippen LogP contribution in [0.3, 0.4) is 0 Å². The van der Waals surface area contributed by atoms with Crippen molar-refractivity contribution in [1.82, 2.24) is 4.90 Å². The molecule has 2 amide bonds. The van der Waals surface area contributed by atoms with Crippen LogP contribution in [0.2, 0.25) is 0 Å². The summed E-state index contributed by atoms with van der Waals surface area (Å²) < 4.78 is 0. The first-order valence-corrected chi connectivity index (χ1v) is 7.89. The number of likely N-dealkylation sites (tertiary alicyclic amines) is 1. The van der Waals surface area contributed by atoms with Gasteiger partial charge in [-0.15, -0.1) is 0 Å². The van der Waals surface area contributed by atoms with Gasteiger partial charge in [-0.25, -0.2) is 0 Å². The molecule has 1 aromatic rings. The van der Waals surface area contributed by atoms with E-state index in [0.29, 0.717) is 11.7 Å². The molecule has 2 rings (SSSR count). The second-order valence-electron chi connectivity index (χ2n) is 6.02. The Balaban J connectivity index is 2.02. The summed E-state index contributed by atoms with van der Waals surface area (Å²) in [5.74, 6) is -0.00892. The van der Waals surface area contributed by atoms with Crippen LogP contribution in [-0.4, -0.2) is 35.8 Å². The monoisotopic (exact) mass is 303 g/mol. The number of hydrogen-bond donors (Lipinski definition) is 2. The van der Waals surface area contributed by atoms with E-state index in [2.05, 4.69) is 17.6 Å². The Morgan fingerprint density at radius 1 is 1.27 bits per heavy atom. The third-order valence-electron chi connectivity index (χ3n) is 4.04. The highest BCUT2D eigenvalue weighted by atomic mass is 16.2. The lowest BCUT2D eigenvalue weighted by Gasteiger charge is -2.33. The van der Waals surface area contributed by atoms with Gasteiger partial charge in [0.25, 0.3) is 0 Å². The molecule has 1 atom stereocenters. The molecule has 0 aromatic heterocycles. The predicted octanol–water partition coefficient (Wildman–Crippen LogP) is 2.77. The average molecular weight is 303 g/mol. The number of carbonyl (C=O) groups excluding carboxylic acids is 2. The molecular formula is C17H25N3O2. The maximum Gasteiger partial charge on any atom is 0.242 e. The van der Waals surface area contributed by atoms with Crippen LogP contribution in [0.25, 0.3) is 0 Å². The minimum atomic E-state index is -0.122. The number of benzene rings is 1. The SMILES string of the molecule is CC(=O)Nc1ccc(C)cc1NCC(=O)N1CCCC[C@H]1C. The predicted molar refractivity (Wildman–Crippen MR) is 89.0 cm³/mol. The number of amides is 2. The van der Waals surface area contributed by atoms with Crippen LogP contribution in [0, 0.1) is 6.92 Å². The van der Waals surface area contributed by atoms with Crippen LogP contribution in [0.4, 0.5) is 11.4 Å². The molecule has 1 aliphatic rings. The second kappa shape index (κ2) is 7.29. The topological polar surface area (TPSA) is 61.4 Å². The summed E-state index contributed by atoms with van der Waals surface area (Å²) >= 11 is 0. The van der Waals surface area contributed by atoms with E-state index in [1.807, 2.05) is 30.0 Å². The molecule has 0 radical (unpaired) electrons. The largest absolute Gasteiger partial charge is 0.374 e. The van der Waals surface area contributed by atoms with Gasteiger partial charge in [-0.05, 0) is 50.8 Å². The molecule has 1 heterocycles. The van der Waals surface area contributed by atoms with E-state index in [-0.39, 0.29) is 18.4 Å². The minimum absolute atomic E-state index is 0.113. The molecule has 2 N–H and O–H groups in total. The smallest absolute Gasteiger partial charge is 0.242 e. The Bertz CT molecular complexity index is 557. The van der Waals surface area contributed by atoms with Crippen LogP contribution in [0.1, 0.15) is 38.7 Å². The lowest BCUT2D eigenvalue weighted by atomic mass is 10.0. The van der Waals surface area contributed by atoms with Crippen molar-refractivity contribution in [2.75, 3.05) is 23.7 Å². The van der Waals surface area contributed by atoms with Crippen LogP contribution in [0.15, 0.2) is 18.2 Å². The van der Waals surface area contributed by atoms with Crippen molar-refractivity contribution < 1.29 is 9.59 Å². The fourth-order valence-corrected chi connectivity index (χ4v) is 2.84. The van der Waals surface area contributed by atoms with E-state index in [0.717, 1.165) is 30.6 Å². The molecule has 120 valence electrons. The fraction of sp³-hybridized carbons (Fsp3) is 0.529. The number of piperidine rings is 1. The Labute approximate surface area is 132 Å². The van der Waals surface area contributed by atoms with Gasteiger partial charge < -0.3 is 15.5 Å². The first-order chi connectivity index (χ1) is 10.5. The van der Waals surface area contributed by atoms with Gasteiger partial charge in [0, 0.05) is 19.5 Å². The lowest BCUT2D eigenvalue weighted by Crippen LogP contribution is -2.44. The summed E-state index contributed by atoms with van der Waals surface area (Å²) in [6.07, 6.45) is 3.36. The van der Waals surface area contributed by atoms with Gasteiger partial charge in [-0.2, -0.15) is 0 Å². The third kappa shape index (κ3) is 4.23. The minimum Gasteiger partial charge on any atom is -0.374 e. The highest BCUT2D eigenvalue weighted by Crippen LogP contribution is 2.23. The van der Waals surface area contributed by atoms with Gasteiger partial charge in [0.15, 0.2) is 0 Å². The van der Waals surface area contributed by atoms with Crippen LogP contribution in [-0.2, 0) is 9.59 Å². The molecular weight excluding hydrogens is 278 g/mol. The van der Waals surface area contributed by atoms with E-state index < -0.39 is 0 Å². The molecule has 0 saturated carbocycles. The summed E-state index contributed by atoms with van der Waals surface area (Å²) in [6, 6.07) is 6.05. The Hall–Kier alpha value is -2.04. The summed E-state index contributed by atoms with van der Waals surface area (Å²) in [5, 5.41) is 5.96. The first-order valence-electron chi connectivity index (χ1n) is 7.89. The van der Waals surface area contributed by atoms with E-state index in [1.54, 1.807) is 0 Å². The van der Waals surface area contributed by atoms with E-state index in [4.69, 9.17) is 0 Å². The lowest BCUT2D eigenvalue weighted by molar-refractivity contribution is -0.132. The number of nitrogens with zero attached hydrogens (tertiary/aromatic N) is 1. The maximum absolute atomic E-state index is 12.4. The van der Waals surface area contributed by atoms with Crippen molar-refractivity contribution in [3.05, 3.63) is 23.8 Å². The zero-order chi connectivity index (χ0) is 16.1. The quantitative estimate of drug-likeness (QED) is 0.899. The molecule has 22 heavy (non-hydrogen) atoms. The molecule has 0 bridgehead atoms. The van der Waals surface area contributed by atoms with Crippen molar-refractivity contribution >= 4 is 23.2 Å². The zero-order valence-corrected chi connectivity index (χ0v) is 13.6. The van der Waals surface area contributed by atoms with Gasteiger partial charge in [0.2, 0.25) is 11.8 Å². The second-order valence-corrected chi connectivity index (χ2v) is 6.02. The van der Waals surface area contributed by atoms with Crippen LogP contribution in [0.5, 0.6) is 0 Å². The van der Waals surface area contributed by atoms with Crippen molar-refractivity contribution in [3.63, 3.8) is 0 Å². The highest BCUT2D eigenvalue weighted by molar-refractivity contribution is 5.93. The summed E-state index contributed by atoms with van der Waals surface area (Å²) in [6.45, 7) is 6.66. The Kier molecular flexibility index (Phi) is 5.41. The molecule has 1 aromatic carbocycles. The van der Waals surface area contributed by atoms with Gasteiger partial charge in [0.1, 0.15) is 0 Å². The number of hydrogen-bond acceptors (Lipinski definition) is 3. The normalized spacial score (nSPS) is 18.0. The van der Waals surface area contributed by atoms with Crippen molar-refractivity contribution in [1.29, 1.82) is 0 Å². The van der Waals surface area contributed by atoms with E-state index in [1.165, 1.54) is 13.3 Å². The molecule has 1 aliphatic heterocycles. The van der Waals surface area contributed by atoms with Gasteiger partial charge in [0.05, 0.1) is 17.9 Å². The molecule has 1 saturated heterocycles. The molecule has 1 fully saturated rings. The molecule has 5 heteroatoms. The number of anilines is 2.